The summed E-state index contributed by atoms with van der Waals surface area (Å²) < 4.78 is 29.7. The second-order valence-electron chi connectivity index (χ2n) is 8.10. The first-order valence-corrected chi connectivity index (χ1v) is 11.6. The zero-order valence-electron chi connectivity index (χ0n) is 19.6. The van der Waals surface area contributed by atoms with Crippen molar-refractivity contribution >= 4 is 40.7 Å². The van der Waals surface area contributed by atoms with E-state index in [9.17, 15) is 19.1 Å². The first-order valence-electron chi connectivity index (χ1n) is 10.9. The van der Waals surface area contributed by atoms with Crippen LogP contribution in [0, 0.1) is 12.7 Å². The van der Waals surface area contributed by atoms with E-state index in [0.717, 1.165) is 5.56 Å². The summed E-state index contributed by atoms with van der Waals surface area (Å²) in [5.41, 5.74) is 0.574. The van der Waals surface area contributed by atoms with Crippen molar-refractivity contribution in [3.05, 3.63) is 86.5 Å². The molecule has 7 nitrogen and oxygen atoms in total. The van der Waals surface area contributed by atoms with Gasteiger partial charge in [-0.3, -0.25) is 9.59 Å². The maximum Gasteiger partial charge on any atom is 0.295 e. The fourth-order valence-corrected chi connectivity index (χ4v) is 4.89. The van der Waals surface area contributed by atoms with Crippen LogP contribution < -0.4 is 9.47 Å². The highest BCUT2D eigenvalue weighted by atomic mass is 35.5. The van der Waals surface area contributed by atoms with Gasteiger partial charge in [0.1, 0.15) is 34.2 Å². The quantitative estimate of drug-likeness (QED) is 0.237. The number of benzene rings is 2. The third kappa shape index (κ3) is 4.54. The number of ether oxygens (including phenoxy) is 2. The van der Waals surface area contributed by atoms with Gasteiger partial charge in [0, 0.05) is 6.54 Å². The topological polar surface area (TPSA) is 89.2 Å². The lowest BCUT2D eigenvalue weighted by atomic mass is 9.98. The van der Waals surface area contributed by atoms with Crippen LogP contribution >= 0.6 is 23.2 Å². The number of halogens is 3. The Morgan fingerprint density at radius 3 is 2.33 bits per heavy atom. The Hall–Kier alpha value is -3.49. The van der Waals surface area contributed by atoms with Gasteiger partial charge in [-0.25, -0.2) is 4.39 Å². The van der Waals surface area contributed by atoms with Gasteiger partial charge in [-0.2, -0.15) is 0 Å². The number of aliphatic hydroxyl groups is 1. The number of hydrogen-bond donors (Lipinski definition) is 1. The van der Waals surface area contributed by atoms with Crippen molar-refractivity contribution in [2.45, 2.75) is 19.4 Å². The molecule has 188 valence electrons. The van der Waals surface area contributed by atoms with Crippen LogP contribution in [0.15, 0.2) is 52.5 Å². The first kappa shape index (κ1) is 25.6. The summed E-state index contributed by atoms with van der Waals surface area (Å²) in [5, 5.41) is 11.4. The molecule has 3 aromatic rings. The number of rotatable bonds is 7. The summed E-state index contributed by atoms with van der Waals surface area (Å²) in [6.07, 6.45) is 0.340. The molecule has 0 bridgehead atoms. The molecule has 1 aliphatic rings. The maximum atomic E-state index is 13.3. The van der Waals surface area contributed by atoms with Crippen molar-refractivity contribution in [3.8, 4) is 11.5 Å². The zero-order chi connectivity index (χ0) is 26.1. The van der Waals surface area contributed by atoms with E-state index >= 15 is 0 Å². The molecule has 2 heterocycles. The predicted octanol–water partition coefficient (Wildman–Crippen LogP) is 5.72. The number of aliphatic hydroxyl groups excluding tert-OH is 1. The van der Waals surface area contributed by atoms with Crippen molar-refractivity contribution in [3.63, 3.8) is 0 Å². The fraction of sp³-hybridized carbons (Fsp3) is 0.231. The fourth-order valence-electron chi connectivity index (χ4n) is 4.20. The van der Waals surface area contributed by atoms with Gasteiger partial charge >= 0.3 is 0 Å². The van der Waals surface area contributed by atoms with E-state index in [1.165, 1.54) is 37.3 Å². The van der Waals surface area contributed by atoms with Gasteiger partial charge in [-0.15, -0.1) is 0 Å². The van der Waals surface area contributed by atoms with Crippen molar-refractivity contribution in [1.82, 2.24) is 4.90 Å². The molecule has 1 aliphatic heterocycles. The van der Waals surface area contributed by atoms with Gasteiger partial charge in [-0.1, -0.05) is 35.3 Å². The Kier molecular flexibility index (Phi) is 7.28. The molecule has 0 saturated carbocycles. The summed E-state index contributed by atoms with van der Waals surface area (Å²) in [7, 11) is 2.71. The van der Waals surface area contributed by atoms with Crippen LogP contribution in [0.2, 0.25) is 10.0 Å². The number of Topliss-reactive ketones (excluding diaryl/α,β-unsaturated/α-hetero) is 1. The predicted molar refractivity (Wildman–Crippen MR) is 132 cm³/mol. The number of aryl methyl sites for hydroxylation is 1. The number of carbonyl (C=O) groups excluding carboxylic acids is 2. The number of likely N-dealkylation sites (tertiary alicyclic amines) is 1. The van der Waals surface area contributed by atoms with Gasteiger partial charge in [0.05, 0.1) is 30.4 Å². The minimum Gasteiger partial charge on any atom is -0.507 e. The number of amides is 1. The Bertz CT molecular complexity index is 1370. The highest BCUT2D eigenvalue weighted by molar-refractivity contribution is 6.47. The largest absolute Gasteiger partial charge is 0.507 e. The lowest BCUT2D eigenvalue weighted by molar-refractivity contribution is -0.140. The number of hydrogen-bond acceptors (Lipinski definition) is 6. The van der Waals surface area contributed by atoms with Crippen LogP contribution in [0.1, 0.15) is 28.7 Å². The van der Waals surface area contributed by atoms with Crippen LogP contribution in [0.25, 0.3) is 5.76 Å². The second-order valence-corrected chi connectivity index (χ2v) is 8.89. The van der Waals surface area contributed by atoms with E-state index in [2.05, 4.69) is 0 Å². The number of ketones is 1. The second kappa shape index (κ2) is 10.2. The lowest BCUT2D eigenvalue weighted by Crippen LogP contribution is -2.31. The molecule has 1 fully saturated rings. The molecule has 1 saturated heterocycles. The monoisotopic (exact) mass is 533 g/mol. The normalized spacial score (nSPS) is 17.1. The highest BCUT2D eigenvalue weighted by Gasteiger charge is 2.47. The lowest BCUT2D eigenvalue weighted by Gasteiger charge is -2.23. The van der Waals surface area contributed by atoms with E-state index in [1.54, 1.807) is 31.2 Å². The summed E-state index contributed by atoms with van der Waals surface area (Å²) in [6.45, 7) is 1.83. The molecule has 2 aromatic carbocycles. The van der Waals surface area contributed by atoms with Crippen molar-refractivity contribution < 1.29 is 33.0 Å². The molecule has 1 amide bonds. The van der Waals surface area contributed by atoms with Gasteiger partial charge in [0.25, 0.3) is 11.7 Å². The molecule has 1 unspecified atom stereocenters. The van der Waals surface area contributed by atoms with Gasteiger partial charge < -0.3 is 23.9 Å². The Balaban J connectivity index is 1.84. The summed E-state index contributed by atoms with van der Waals surface area (Å²) >= 11 is 12.7. The minimum absolute atomic E-state index is 0.00928. The molecule has 1 N–H and O–H groups in total. The maximum absolute atomic E-state index is 13.3. The number of nitrogens with zero attached hydrogens (tertiary/aromatic N) is 1. The van der Waals surface area contributed by atoms with Crippen molar-refractivity contribution in [2.24, 2.45) is 0 Å². The molecular formula is C26H22Cl2FNO6. The summed E-state index contributed by atoms with van der Waals surface area (Å²) in [6, 6.07) is 9.49. The molecular weight excluding hydrogens is 512 g/mol. The van der Waals surface area contributed by atoms with Gasteiger partial charge in [0.15, 0.2) is 11.5 Å². The molecule has 1 atom stereocenters. The van der Waals surface area contributed by atoms with Crippen LogP contribution in [0.4, 0.5) is 4.39 Å². The number of methoxy groups -OCH3 is 2. The number of carbonyl (C=O) groups is 2. The summed E-state index contributed by atoms with van der Waals surface area (Å²) in [5.74, 6) is -1.64. The molecule has 10 heteroatoms. The average molecular weight is 534 g/mol. The third-order valence-electron chi connectivity index (χ3n) is 5.92. The standard InChI is InChI=1S/C26H22Cl2FNO6/c1-13-4-9-18(36-13)21-19(22(31)16-12-17(27)25(35-3)20(28)24(16)34-2)23(32)26(33)30(21)11-10-14-5-7-15(29)8-6-14/h4-9,12,21,31H,10-11H2,1-3H3/b22-19+. The van der Waals surface area contributed by atoms with Gasteiger partial charge in [0.2, 0.25) is 0 Å². The summed E-state index contributed by atoms with van der Waals surface area (Å²) in [4.78, 5) is 27.7. The van der Waals surface area contributed by atoms with Crippen LogP contribution in [-0.4, -0.2) is 42.5 Å². The van der Waals surface area contributed by atoms with E-state index in [1.807, 2.05) is 0 Å². The molecule has 36 heavy (non-hydrogen) atoms. The molecule has 0 spiro atoms. The van der Waals surface area contributed by atoms with Crippen molar-refractivity contribution in [2.75, 3.05) is 20.8 Å². The molecule has 4 rings (SSSR count). The first-order chi connectivity index (χ1) is 17.2. The zero-order valence-corrected chi connectivity index (χ0v) is 21.1. The Morgan fingerprint density at radius 1 is 1.08 bits per heavy atom. The SMILES string of the molecule is COc1c(Cl)cc(/C(O)=C2\C(=O)C(=O)N(CCc3ccc(F)cc3)C2c2ccc(C)o2)c(OC)c1Cl. The highest BCUT2D eigenvalue weighted by Crippen LogP contribution is 2.47. The van der Waals surface area contributed by atoms with E-state index < -0.39 is 23.5 Å². The van der Waals surface area contributed by atoms with Gasteiger partial charge in [-0.05, 0) is 49.2 Å². The van der Waals surface area contributed by atoms with E-state index in [-0.39, 0.29) is 50.8 Å². The van der Waals surface area contributed by atoms with E-state index in [4.69, 9.17) is 37.1 Å². The van der Waals surface area contributed by atoms with E-state index in [0.29, 0.717) is 12.2 Å². The Morgan fingerprint density at radius 2 is 1.75 bits per heavy atom. The third-order valence-corrected chi connectivity index (χ3v) is 6.54. The smallest absolute Gasteiger partial charge is 0.295 e. The Labute approximate surface area is 216 Å². The number of furan rings is 1. The van der Waals surface area contributed by atoms with Crippen LogP contribution in [-0.2, 0) is 16.0 Å². The average Bonchev–Trinajstić information content (AvgIpc) is 3.39. The molecule has 0 aliphatic carbocycles. The molecule has 1 aromatic heterocycles. The van der Waals surface area contributed by atoms with Crippen molar-refractivity contribution in [1.29, 1.82) is 0 Å². The van der Waals surface area contributed by atoms with Crippen LogP contribution in [0.5, 0.6) is 11.5 Å². The van der Waals surface area contributed by atoms with Crippen LogP contribution in [0.3, 0.4) is 0 Å². The molecule has 0 radical (unpaired) electrons. The minimum atomic E-state index is -1.02.